The molecule has 2 heterocycles. The maximum atomic E-state index is 14.1. The number of nitrogens with one attached hydrogen (secondary N) is 1. The van der Waals surface area contributed by atoms with Crippen LogP contribution in [0.25, 0.3) is 0 Å². The monoisotopic (exact) mass is 609 g/mol. The Balaban J connectivity index is 1.46. The van der Waals surface area contributed by atoms with E-state index < -0.39 is 16.1 Å². The summed E-state index contributed by atoms with van der Waals surface area (Å²) in [5.41, 5.74) is 1.02. The molecule has 11 heteroatoms. The Morgan fingerprint density at radius 1 is 1.00 bits per heavy atom. The largest absolute Gasteiger partial charge is 0.341 e. The Morgan fingerprint density at radius 3 is 2.20 bits per heavy atom. The first-order valence-corrected chi connectivity index (χ1v) is 17.4. The molecule has 1 aliphatic carbocycles. The average molecular weight is 610 g/mol. The third kappa shape index (κ3) is 8.36. The molecule has 3 fully saturated rings. The number of hydrogen-bond donors (Lipinski definition) is 1. The van der Waals surface area contributed by atoms with E-state index in [9.17, 15) is 18.0 Å². The normalized spacial score (nSPS) is 24.2. The fourth-order valence-electron chi connectivity index (χ4n) is 6.84. The Bertz CT molecular complexity index is 1130. The molecule has 41 heavy (non-hydrogen) atoms. The van der Waals surface area contributed by atoms with Gasteiger partial charge in [0.15, 0.2) is 0 Å². The van der Waals surface area contributed by atoms with Crippen molar-refractivity contribution in [3.8, 4) is 0 Å². The number of carbonyl (C=O) groups is 2. The van der Waals surface area contributed by atoms with Gasteiger partial charge in [-0.1, -0.05) is 49.9 Å². The van der Waals surface area contributed by atoms with Crippen LogP contribution in [0.3, 0.4) is 0 Å². The van der Waals surface area contributed by atoms with E-state index in [-0.39, 0.29) is 36.0 Å². The Kier molecular flexibility index (Phi) is 11.0. The molecule has 1 N–H and O–H groups in total. The van der Waals surface area contributed by atoms with Gasteiger partial charge < -0.3 is 20.0 Å². The number of piperidine rings is 2. The molecule has 230 valence electrons. The highest BCUT2D eigenvalue weighted by molar-refractivity contribution is 7.88. The van der Waals surface area contributed by atoms with E-state index in [0.29, 0.717) is 50.5 Å². The number of benzene rings is 1. The van der Waals surface area contributed by atoms with Crippen LogP contribution in [-0.4, -0.2) is 110 Å². The van der Waals surface area contributed by atoms with Crippen molar-refractivity contribution in [1.29, 1.82) is 0 Å². The zero-order valence-electron chi connectivity index (χ0n) is 25.1. The summed E-state index contributed by atoms with van der Waals surface area (Å²) < 4.78 is 25.5. The van der Waals surface area contributed by atoms with E-state index in [1.54, 1.807) is 4.90 Å². The first-order valence-electron chi connectivity index (χ1n) is 15.2. The molecule has 2 saturated heterocycles. The van der Waals surface area contributed by atoms with Gasteiger partial charge in [0.25, 0.3) is 0 Å². The number of likely N-dealkylation sites (tertiary alicyclic amines) is 1. The lowest BCUT2D eigenvalue weighted by atomic mass is 9.87. The molecule has 4 rings (SSSR count). The zero-order chi connectivity index (χ0) is 29.7. The van der Waals surface area contributed by atoms with Crippen molar-refractivity contribution in [3.05, 3.63) is 34.9 Å². The lowest BCUT2D eigenvalue weighted by Gasteiger charge is -2.48. The molecule has 2 aliphatic heterocycles. The van der Waals surface area contributed by atoms with Gasteiger partial charge in [0.05, 0.1) is 12.3 Å². The predicted octanol–water partition coefficient (Wildman–Crippen LogP) is 3.82. The molecule has 1 aromatic rings. The van der Waals surface area contributed by atoms with Gasteiger partial charge in [-0.3, -0.25) is 4.79 Å². The van der Waals surface area contributed by atoms with E-state index in [2.05, 4.69) is 17.1 Å². The van der Waals surface area contributed by atoms with Crippen molar-refractivity contribution in [1.82, 2.24) is 24.3 Å². The minimum Gasteiger partial charge on any atom is -0.341 e. The predicted molar refractivity (Wildman–Crippen MR) is 163 cm³/mol. The SMILES string of the molecule is CC1CN(C(=O)[C@@H](Cc2ccc(Cl)cc2)NC2CCN(S(C)(=O)=O)CC2)CCC1N(C(=O)N(C)C)C1CCCCC1. The molecular weight excluding hydrogens is 562 g/mol. The van der Waals surface area contributed by atoms with Crippen molar-refractivity contribution in [2.75, 3.05) is 46.5 Å². The van der Waals surface area contributed by atoms with Crippen molar-refractivity contribution < 1.29 is 18.0 Å². The van der Waals surface area contributed by atoms with Gasteiger partial charge in [0, 0.05) is 63.4 Å². The second-order valence-corrected chi connectivity index (χ2v) is 14.9. The molecule has 3 amide bonds. The number of rotatable bonds is 8. The van der Waals surface area contributed by atoms with Crippen LogP contribution < -0.4 is 5.32 Å². The fraction of sp³-hybridized carbons (Fsp3) is 0.733. The molecule has 1 aromatic carbocycles. The minimum absolute atomic E-state index is 0.0590. The summed E-state index contributed by atoms with van der Waals surface area (Å²) in [5.74, 6) is 0.228. The smallest absolute Gasteiger partial charge is 0.319 e. The number of nitrogens with zero attached hydrogens (tertiary/aromatic N) is 4. The quantitative estimate of drug-likeness (QED) is 0.484. The number of carbonyl (C=O) groups excluding carboxylic acids is 2. The molecule has 0 spiro atoms. The summed E-state index contributed by atoms with van der Waals surface area (Å²) in [5, 5.41) is 4.26. The van der Waals surface area contributed by atoms with Crippen molar-refractivity contribution in [3.63, 3.8) is 0 Å². The lowest BCUT2D eigenvalue weighted by Crippen LogP contribution is -2.60. The van der Waals surface area contributed by atoms with Gasteiger partial charge >= 0.3 is 6.03 Å². The maximum absolute atomic E-state index is 14.1. The van der Waals surface area contributed by atoms with E-state index in [1.807, 2.05) is 43.3 Å². The Labute approximate surface area is 251 Å². The second kappa shape index (κ2) is 14.1. The van der Waals surface area contributed by atoms with Crippen LogP contribution in [0.15, 0.2) is 24.3 Å². The van der Waals surface area contributed by atoms with E-state index in [0.717, 1.165) is 37.7 Å². The van der Waals surface area contributed by atoms with E-state index in [4.69, 9.17) is 11.6 Å². The number of urea groups is 1. The summed E-state index contributed by atoms with van der Waals surface area (Å²) in [4.78, 5) is 33.2. The van der Waals surface area contributed by atoms with Crippen LogP contribution in [0.4, 0.5) is 4.79 Å². The molecule has 3 atom stereocenters. The van der Waals surface area contributed by atoms with Gasteiger partial charge in [-0.25, -0.2) is 17.5 Å². The summed E-state index contributed by atoms with van der Waals surface area (Å²) in [6.45, 7) is 4.31. The van der Waals surface area contributed by atoms with Gasteiger partial charge in [0.2, 0.25) is 15.9 Å². The highest BCUT2D eigenvalue weighted by Gasteiger charge is 2.40. The van der Waals surface area contributed by atoms with Gasteiger partial charge in [-0.15, -0.1) is 0 Å². The molecule has 0 bridgehead atoms. The number of amides is 3. The molecule has 0 radical (unpaired) electrons. The molecule has 1 saturated carbocycles. The van der Waals surface area contributed by atoms with Crippen molar-refractivity contribution in [2.24, 2.45) is 5.92 Å². The van der Waals surface area contributed by atoms with Crippen LogP contribution >= 0.6 is 11.6 Å². The molecule has 9 nitrogen and oxygen atoms in total. The Morgan fingerprint density at radius 2 is 1.63 bits per heavy atom. The van der Waals surface area contributed by atoms with Crippen LogP contribution in [0.1, 0.15) is 63.9 Å². The van der Waals surface area contributed by atoms with Crippen molar-refractivity contribution in [2.45, 2.75) is 88.9 Å². The van der Waals surface area contributed by atoms with Crippen LogP contribution in [-0.2, 0) is 21.2 Å². The minimum atomic E-state index is -3.22. The van der Waals surface area contributed by atoms with Crippen LogP contribution in [0.5, 0.6) is 0 Å². The second-order valence-electron chi connectivity index (χ2n) is 12.5. The first kappa shape index (κ1) is 32.0. The van der Waals surface area contributed by atoms with Crippen LogP contribution in [0, 0.1) is 5.92 Å². The van der Waals surface area contributed by atoms with Gasteiger partial charge in [-0.2, -0.15) is 0 Å². The molecule has 2 unspecified atom stereocenters. The topological polar surface area (TPSA) is 93.3 Å². The summed E-state index contributed by atoms with van der Waals surface area (Å²) in [6, 6.07) is 7.70. The summed E-state index contributed by atoms with van der Waals surface area (Å²) >= 11 is 6.12. The highest BCUT2D eigenvalue weighted by Crippen LogP contribution is 2.31. The average Bonchev–Trinajstić information content (AvgIpc) is 2.94. The van der Waals surface area contributed by atoms with Gasteiger partial charge in [-0.05, 0) is 62.1 Å². The Hall–Kier alpha value is -1.88. The van der Waals surface area contributed by atoms with Crippen LogP contribution in [0.2, 0.25) is 5.02 Å². The van der Waals surface area contributed by atoms with Crippen molar-refractivity contribution >= 4 is 33.6 Å². The standard InChI is InChI=1S/C30H48ClN5O4S/c1-22-21-34(17-16-28(22)36(30(38)33(2)3)26-8-6-5-7-9-26)29(37)27(20-23-10-12-24(31)13-11-23)32-25-14-18-35(19-15-25)41(4,39)40/h10-13,22,25-28,32H,5-9,14-21H2,1-4H3/t22?,27-,28?/m1/s1. The molecular formula is C30H48ClN5O4S. The zero-order valence-corrected chi connectivity index (χ0v) is 26.7. The number of hydrogen-bond acceptors (Lipinski definition) is 5. The van der Waals surface area contributed by atoms with E-state index in [1.165, 1.54) is 17.0 Å². The number of halogens is 1. The maximum Gasteiger partial charge on any atom is 0.319 e. The summed E-state index contributed by atoms with van der Waals surface area (Å²) in [7, 11) is 0.441. The van der Waals surface area contributed by atoms with E-state index >= 15 is 0 Å². The lowest BCUT2D eigenvalue weighted by molar-refractivity contribution is -0.136. The first-order chi connectivity index (χ1) is 19.4. The number of sulfonamides is 1. The third-order valence-corrected chi connectivity index (χ3v) is 10.7. The molecule has 3 aliphatic rings. The van der Waals surface area contributed by atoms with Gasteiger partial charge in [0.1, 0.15) is 0 Å². The highest BCUT2D eigenvalue weighted by atomic mass is 35.5. The summed E-state index contributed by atoms with van der Waals surface area (Å²) in [6.07, 6.45) is 9.54. The fourth-order valence-corrected chi connectivity index (χ4v) is 7.84. The molecule has 0 aromatic heterocycles. The third-order valence-electron chi connectivity index (χ3n) is 9.11.